The van der Waals surface area contributed by atoms with Crippen molar-refractivity contribution >= 4 is 6.03 Å². The molecule has 2 heterocycles. The zero-order chi connectivity index (χ0) is 17.6. The number of likely N-dealkylation sites (tertiary alicyclic amines) is 1. The molecule has 6 nitrogen and oxygen atoms in total. The van der Waals surface area contributed by atoms with E-state index in [1.807, 2.05) is 36.1 Å². The Morgan fingerprint density at radius 3 is 2.88 bits per heavy atom. The number of carbonyl (C=O) groups excluding carboxylic acids is 1. The molecular weight excluding hydrogens is 316 g/mol. The number of amides is 2. The summed E-state index contributed by atoms with van der Waals surface area (Å²) in [6.45, 7) is 5.59. The zero-order valence-corrected chi connectivity index (χ0v) is 15.0. The predicted octanol–water partition coefficient (Wildman–Crippen LogP) is 4.08. The van der Waals surface area contributed by atoms with Gasteiger partial charge in [-0.25, -0.2) is 4.79 Å². The van der Waals surface area contributed by atoms with E-state index in [9.17, 15) is 4.79 Å². The van der Waals surface area contributed by atoms with Crippen molar-refractivity contribution in [2.24, 2.45) is 0 Å². The van der Waals surface area contributed by atoms with Crippen LogP contribution in [-0.4, -0.2) is 34.2 Å². The van der Waals surface area contributed by atoms with Gasteiger partial charge in [-0.15, -0.1) is 0 Å². The smallest absolute Gasteiger partial charge is 0.318 e. The summed E-state index contributed by atoms with van der Waals surface area (Å²) < 4.78 is 5.51. The second kappa shape index (κ2) is 8.14. The van der Waals surface area contributed by atoms with Gasteiger partial charge in [0, 0.05) is 18.7 Å². The average Bonchev–Trinajstić information content (AvgIpc) is 3.12. The molecule has 1 unspecified atom stereocenters. The molecule has 0 spiro atoms. The van der Waals surface area contributed by atoms with E-state index in [4.69, 9.17) is 4.52 Å². The molecule has 1 aliphatic rings. The molecule has 1 aliphatic heterocycles. The number of nitrogens with one attached hydrogen (secondary N) is 1. The number of nitrogens with zero attached hydrogens (tertiary/aromatic N) is 3. The summed E-state index contributed by atoms with van der Waals surface area (Å²) in [5, 5.41) is 7.11. The van der Waals surface area contributed by atoms with Gasteiger partial charge in [0.25, 0.3) is 0 Å². The van der Waals surface area contributed by atoms with Gasteiger partial charge >= 0.3 is 6.03 Å². The van der Waals surface area contributed by atoms with Gasteiger partial charge in [0.15, 0.2) is 0 Å². The molecule has 1 fully saturated rings. The molecule has 134 valence electrons. The monoisotopic (exact) mass is 342 g/mol. The van der Waals surface area contributed by atoms with Crippen LogP contribution in [0.3, 0.4) is 0 Å². The molecule has 0 saturated carbocycles. The minimum atomic E-state index is -0.137. The van der Waals surface area contributed by atoms with Gasteiger partial charge in [0.05, 0.1) is 0 Å². The van der Waals surface area contributed by atoms with Gasteiger partial charge in [-0.2, -0.15) is 4.98 Å². The highest BCUT2D eigenvalue weighted by Gasteiger charge is 2.32. The topological polar surface area (TPSA) is 71.3 Å². The number of aromatic nitrogens is 2. The Bertz CT molecular complexity index is 696. The van der Waals surface area contributed by atoms with Crippen LogP contribution in [0.15, 0.2) is 28.8 Å². The normalized spacial score (nSPS) is 17.5. The number of hydrogen-bond acceptors (Lipinski definition) is 4. The highest BCUT2D eigenvalue weighted by atomic mass is 16.5. The first-order valence-corrected chi connectivity index (χ1v) is 9.14. The van der Waals surface area contributed by atoms with E-state index in [0.717, 1.165) is 44.2 Å². The highest BCUT2D eigenvalue weighted by Crippen LogP contribution is 2.31. The molecule has 1 aromatic heterocycles. The van der Waals surface area contributed by atoms with Gasteiger partial charge in [0.1, 0.15) is 6.04 Å². The summed E-state index contributed by atoms with van der Waals surface area (Å²) >= 11 is 0. The van der Waals surface area contributed by atoms with Gasteiger partial charge in [-0.05, 0) is 32.6 Å². The Morgan fingerprint density at radius 2 is 2.12 bits per heavy atom. The molecule has 0 bridgehead atoms. The molecule has 1 aromatic carbocycles. The van der Waals surface area contributed by atoms with Crippen LogP contribution in [0.25, 0.3) is 11.4 Å². The lowest BCUT2D eigenvalue weighted by Crippen LogP contribution is -2.45. The number of aryl methyl sites for hydroxylation is 1. The molecule has 2 amide bonds. The first kappa shape index (κ1) is 17.5. The van der Waals surface area contributed by atoms with Crippen LogP contribution >= 0.6 is 0 Å². The quantitative estimate of drug-likeness (QED) is 0.831. The number of benzene rings is 1. The maximum absolute atomic E-state index is 12.5. The minimum Gasteiger partial charge on any atom is -0.338 e. The second-order valence-electron chi connectivity index (χ2n) is 6.61. The van der Waals surface area contributed by atoms with Gasteiger partial charge < -0.3 is 14.7 Å². The van der Waals surface area contributed by atoms with Crippen molar-refractivity contribution in [1.82, 2.24) is 20.4 Å². The number of piperidine rings is 1. The Hall–Kier alpha value is -2.37. The van der Waals surface area contributed by atoms with Crippen LogP contribution in [0.1, 0.15) is 56.5 Å². The number of rotatable bonds is 5. The van der Waals surface area contributed by atoms with E-state index < -0.39 is 0 Å². The molecule has 1 saturated heterocycles. The fourth-order valence-electron chi connectivity index (χ4n) is 3.10. The molecule has 2 aromatic rings. The van der Waals surface area contributed by atoms with Crippen molar-refractivity contribution in [3.8, 4) is 11.4 Å². The molecule has 3 rings (SSSR count). The third-order valence-electron chi connectivity index (χ3n) is 4.61. The first-order chi connectivity index (χ1) is 12.2. The summed E-state index contributed by atoms with van der Waals surface area (Å²) in [5.74, 6) is 1.10. The van der Waals surface area contributed by atoms with Crippen molar-refractivity contribution in [3.63, 3.8) is 0 Å². The van der Waals surface area contributed by atoms with Crippen LogP contribution in [0.5, 0.6) is 0 Å². The third-order valence-corrected chi connectivity index (χ3v) is 4.61. The lowest BCUT2D eigenvalue weighted by Gasteiger charge is -2.33. The van der Waals surface area contributed by atoms with Crippen LogP contribution in [0.4, 0.5) is 4.79 Å². The summed E-state index contributed by atoms with van der Waals surface area (Å²) in [6, 6.07) is 7.86. The van der Waals surface area contributed by atoms with Crippen molar-refractivity contribution in [1.29, 1.82) is 0 Å². The van der Waals surface area contributed by atoms with Crippen LogP contribution in [-0.2, 0) is 0 Å². The Balaban J connectivity index is 1.74. The Labute approximate surface area is 148 Å². The Morgan fingerprint density at radius 1 is 1.32 bits per heavy atom. The SMILES string of the molecule is CCCCNC(=O)N1CCCCC1c1nc(-c2ccc(C)cc2)no1. The van der Waals surface area contributed by atoms with E-state index in [1.165, 1.54) is 5.56 Å². The molecule has 1 atom stereocenters. The van der Waals surface area contributed by atoms with Crippen molar-refractivity contribution in [3.05, 3.63) is 35.7 Å². The molecule has 1 N–H and O–H groups in total. The first-order valence-electron chi connectivity index (χ1n) is 9.14. The van der Waals surface area contributed by atoms with Crippen LogP contribution < -0.4 is 5.32 Å². The predicted molar refractivity (Wildman–Crippen MR) is 96.1 cm³/mol. The van der Waals surface area contributed by atoms with Crippen LogP contribution in [0.2, 0.25) is 0 Å². The Kier molecular flexibility index (Phi) is 5.68. The van der Waals surface area contributed by atoms with Crippen LogP contribution in [0, 0.1) is 6.92 Å². The van der Waals surface area contributed by atoms with Crippen molar-refractivity contribution in [2.45, 2.75) is 52.0 Å². The summed E-state index contributed by atoms with van der Waals surface area (Å²) in [4.78, 5) is 18.9. The number of carbonyl (C=O) groups is 1. The van der Waals surface area contributed by atoms with Gasteiger partial charge in [-0.3, -0.25) is 0 Å². The second-order valence-corrected chi connectivity index (χ2v) is 6.61. The van der Waals surface area contributed by atoms with Crippen molar-refractivity contribution < 1.29 is 9.32 Å². The summed E-state index contributed by atoms with van der Waals surface area (Å²) in [5.41, 5.74) is 2.12. The number of hydrogen-bond donors (Lipinski definition) is 1. The molecular formula is C19H26N4O2. The summed E-state index contributed by atoms with van der Waals surface area (Å²) in [7, 11) is 0. The highest BCUT2D eigenvalue weighted by molar-refractivity contribution is 5.74. The molecule has 6 heteroatoms. The minimum absolute atomic E-state index is 0.0340. The molecule has 25 heavy (non-hydrogen) atoms. The fraction of sp³-hybridized carbons (Fsp3) is 0.526. The maximum Gasteiger partial charge on any atom is 0.318 e. The average molecular weight is 342 g/mol. The number of urea groups is 1. The van der Waals surface area contributed by atoms with Gasteiger partial charge in [0.2, 0.25) is 11.7 Å². The van der Waals surface area contributed by atoms with E-state index in [2.05, 4.69) is 22.4 Å². The standard InChI is InChI=1S/C19H26N4O2/c1-3-4-12-20-19(24)23-13-6-5-7-16(23)18-21-17(22-25-18)15-10-8-14(2)9-11-15/h8-11,16H,3-7,12-13H2,1-2H3,(H,20,24). The summed E-state index contributed by atoms with van der Waals surface area (Å²) in [6.07, 6.45) is 4.98. The largest absolute Gasteiger partial charge is 0.338 e. The van der Waals surface area contributed by atoms with E-state index in [-0.39, 0.29) is 12.1 Å². The van der Waals surface area contributed by atoms with E-state index in [1.54, 1.807) is 0 Å². The maximum atomic E-state index is 12.5. The van der Waals surface area contributed by atoms with E-state index in [0.29, 0.717) is 18.3 Å². The molecule has 0 aliphatic carbocycles. The fourth-order valence-corrected chi connectivity index (χ4v) is 3.10. The van der Waals surface area contributed by atoms with Gasteiger partial charge in [-0.1, -0.05) is 48.3 Å². The lowest BCUT2D eigenvalue weighted by atomic mass is 10.0. The lowest BCUT2D eigenvalue weighted by molar-refractivity contribution is 0.132. The van der Waals surface area contributed by atoms with Crippen molar-refractivity contribution in [2.75, 3.05) is 13.1 Å². The van der Waals surface area contributed by atoms with E-state index >= 15 is 0 Å². The number of unbranched alkanes of at least 4 members (excludes halogenated alkanes) is 1. The zero-order valence-electron chi connectivity index (χ0n) is 15.0. The third kappa shape index (κ3) is 4.18. The molecule has 0 radical (unpaired) electrons.